The highest BCUT2D eigenvalue weighted by Gasteiger charge is 2.26. The van der Waals surface area contributed by atoms with E-state index < -0.39 is 0 Å². The van der Waals surface area contributed by atoms with Crippen LogP contribution in [-0.4, -0.2) is 17.8 Å². The lowest BCUT2D eigenvalue weighted by Crippen LogP contribution is -2.23. The number of hydrogen-bond acceptors (Lipinski definition) is 2. The molecule has 0 spiro atoms. The Bertz CT molecular complexity index is 349. The highest BCUT2D eigenvalue weighted by atomic mass is 16.5. The highest BCUT2D eigenvalue weighted by molar-refractivity contribution is 5.37. The standard InChI is InChI=1S/C15H22O2/c1-2-11-17-15-10-6-4-8-13(15)12-7-3-5-9-14(12)16/h4,6,8,10,12,14,16H,2-3,5,7,9,11H2,1H3/t12-,14+/m1/s1. The minimum absolute atomic E-state index is 0.199. The molecule has 0 amide bonds. The van der Waals surface area contributed by atoms with Crippen LogP contribution in [0.5, 0.6) is 5.75 Å². The van der Waals surface area contributed by atoms with E-state index in [4.69, 9.17) is 4.74 Å². The lowest BCUT2D eigenvalue weighted by Gasteiger charge is -2.29. The van der Waals surface area contributed by atoms with E-state index in [2.05, 4.69) is 13.0 Å². The molecule has 0 aromatic heterocycles. The summed E-state index contributed by atoms with van der Waals surface area (Å²) in [5, 5.41) is 10.1. The maximum absolute atomic E-state index is 10.1. The highest BCUT2D eigenvalue weighted by Crippen LogP contribution is 2.37. The lowest BCUT2D eigenvalue weighted by atomic mass is 9.81. The molecule has 1 saturated carbocycles. The minimum atomic E-state index is -0.199. The maximum Gasteiger partial charge on any atom is 0.122 e. The molecule has 2 atom stereocenters. The van der Waals surface area contributed by atoms with Crippen molar-refractivity contribution in [2.45, 2.75) is 51.0 Å². The molecule has 1 fully saturated rings. The van der Waals surface area contributed by atoms with Gasteiger partial charge < -0.3 is 9.84 Å². The van der Waals surface area contributed by atoms with Crippen molar-refractivity contribution in [3.05, 3.63) is 29.8 Å². The van der Waals surface area contributed by atoms with Crippen molar-refractivity contribution in [1.82, 2.24) is 0 Å². The van der Waals surface area contributed by atoms with Crippen LogP contribution in [0, 0.1) is 0 Å². The molecule has 0 radical (unpaired) electrons. The predicted molar refractivity (Wildman–Crippen MR) is 69.4 cm³/mol. The number of aliphatic hydroxyl groups is 1. The molecule has 0 saturated heterocycles. The molecule has 17 heavy (non-hydrogen) atoms. The van der Waals surface area contributed by atoms with Gasteiger partial charge in [0.1, 0.15) is 5.75 Å². The zero-order valence-electron chi connectivity index (χ0n) is 10.6. The van der Waals surface area contributed by atoms with Crippen molar-refractivity contribution in [2.24, 2.45) is 0 Å². The zero-order chi connectivity index (χ0) is 12.1. The quantitative estimate of drug-likeness (QED) is 0.864. The summed E-state index contributed by atoms with van der Waals surface area (Å²) in [5.41, 5.74) is 1.19. The summed E-state index contributed by atoms with van der Waals surface area (Å²) in [4.78, 5) is 0. The van der Waals surface area contributed by atoms with E-state index in [1.165, 1.54) is 12.0 Å². The Balaban J connectivity index is 2.17. The molecule has 1 aliphatic rings. The van der Waals surface area contributed by atoms with Crippen molar-refractivity contribution in [1.29, 1.82) is 0 Å². The molecule has 0 aliphatic heterocycles. The van der Waals surface area contributed by atoms with Crippen LogP contribution in [0.3, 0.4) is 0 Å². The van der Waals surface area contributed by atoms with Gasteiger partial charge in [-0.2, -0.15) is 0 Å². The van der Waals surface area contributed by atoms with Gasteiger partial charge >= 0.3 is 0 Å². The topological polar surface area (TPSA) is 29.5 Å². The first-order valence-electron chi connectivity index (χ1n) is 6.72. The van der Waals surface area contributed by atoms with Crippen LogP contribution < -0.4 is 4.74 Å². The number of ether oxygens (including phenoxy) is 1. The molecule has 1 aliphatic carbocycles. The molecule has 1 N–H and O–H groups in total. The van der Waals surface area contributed by atoms with Crippen molar-refractivity contribution in [3.63, 3.8) is 0 Å². The SMILES string of the molecule is CCCOc1ccccc1[C@H]1CCCC[C@@H]1O. The van der Waals surface area contributed by atoms with Crippen molar-refractivity contribution in [3.8, 4) is 5.75 Å². The van der Waals surface area contributed by atoms with Gasteiger partial charge in [0.2, 0.25) is 0 Å². The smallest absolute Gasteiger partial charge is 0.122 e. The van der Waals surface area contributed by atoms with Gasteiger partial charge in [-0.05, 0) is 30.9 Å². The van der Waals surface area contributed by atoms with Crippen LogP contribution in [-0.2, 0) is 0 Å². The number of rotatable bonds is 4. The fourth-order valence-corrected chi connectivity index (χ4v) is 2.60. The average molecular weight is 234 g/mol. The van der Waals surface area contributed by atoms with Crippen LogP contribution in [0.2, 0.25) is 0 Å². The van der Waals surface area contributed by atoms with Crippen molar-refractivity contribution < 1.29 is 9.84 Å². The van der Waals surface area contributed by atoms with Crippen LogP contribution in [0.15, 0.2) is 24.3 Å². The van der Waals surface area contributed by atoms with Gasteiger partial charge in [-0.3, -0.25) is 0 Å². The van der Waals surface area contributed by atoms with E-state index in [-0.39, 0.29) is 12.0 Å². The average Bonchev–Trinajstić information content (AvgIpc) is 2.37. The van der Waals surface area contributed by atoms with Gasteiger partial charge in [0.15, 0.2) is 0 Å². The Morgan fingerprint density at radius 3 is 2.76 bits per heavy atom. The molecule has 1 aromatic rings. The molecular formula is C15H22O2. The van der Waals surface area contributed by atoms with Crippen LogP contribution in [0.25, 0.3) is 0 Å². The second-order valence-electron chi connectivity index (χ2n) is 4.84. The first-order valence-corrected chi connectivity index (χ1v) is 6.72. The van der Waals surface area contributed by atoms with E-state index in [0.717, 1.165) is 38.0 Å². The molecule has 0 heterocycles. The molecule has 2 nitrogen and oxygen atoms in total. The van der Waals surface area contributed by atoms with Gasteiger partial charge in [0.05, 0.1) is 12.7 Å². The predicted octanol–water partition coefficient (Wildman–Crippen LogP) is 3.49. The molecule has 1 aromatic carbocycles. The van der Waals surface area contributed by atoms with E-state index in [1.54, 1.807) is 0 Å². The molecule has 0 bridgehead atoms. The monoisotopic (exact) mass is 234 g/mol. The Labute approximate surface area is 104 Å². The summed E-state index contributed by atoms with van der Waals surface area (Å²) in [7, 11) is 0. The zero-order valence-corrected chi connectivity index (χ0v) is 10.6. The summed E-state index contributed by atoms with van der Waals surface area (Å²) in [5.74, 6) is 1.22. The van der Waals surface area contributed by atoms with Gasteiger partial charge in [-0.25, -0.2) is 0 Å². The summed E-state index contributed by atoms with van der Waals surface area (Å²) >= 11 is 0. The third-order valence-corrected chi connectivity index (χ3v) is 3.51. The number of aliphatic hydroxyl groups excluding tert-OH is 1. The molecular weight excluding hydrogens is 212 g/mol. The number of para-hydroxylation sites is 1. The molecule has 0 unspecified atom stereocenters. The summed E-state index contributed by atoms with van der Waals surface area (Å²) in [6.07, 6.45) is 5.18. The molecule has 2 heteroatoms. The number of hydrogen-bond donors (Lipinski definition) is 1. The fourth-order valence-electron chi connectivity index (χ4n) is 2.60. The van der Waals surface area contributed by atoms with Crippen LogP contribution >= 0.6 is 0 Å². The fraction of sp³-hybridized carbons (Fsp3) is 0.600. The first-order chi connectivity index (χ1) is 8.33. The maximum atomic E-state index is 10.1. The largest absolute Gasteiger partial charge is 0.493 e. The van der Waals surface area contributed by atoms with E-state index in [0.29, 0.717) is 0 Å². The Morgan fingerprint density at radius 2 is 2.00 bits per heavy atom. The minimum Gasteiger partial charge on any atom is -0.493 e. The molecule has 2 rings (SSSR count). The molecule has 94 valence electrons. The van der Waals surface area contributed by atoms with E-state index >= 15 is 0 Å². The lowest BCUT2D eigenvalue weighted by molar-refractivity contribution is 0.104. The number of benzene rings is 1. The first kappa shape index (κ1) is 12.4. The van der Waals surface area contributed by atoms with Gasteiger partial charge in [-0.1, -0.05) is 38.0 Å². The third-order valence-electron chi connectivity index (χ3n) is 3.51. The van der Waals surface area contributed by atoms with Gasteiger partial charge in [0.25, 0.3) is 0 Å². The van der Waals surface area contributed by atoms with E-state index in [1.807, 2.05) is 18.2 Å². The Kier molecular flexibility index (Phi) is 4.43. The second-order valence-corrected chi connectivity index (χ2v) is 4.84. The van der Waals surface area contributed by atoms with Crippen LogP contribution in [0.4, 0.5) is 0 Å². The van der Waals surface area contributed by atoms with Gasteiger partial charge in [-0.15, -0.1) is 0 Å². The van der Waals surface area contributed by atoms with Gasteiger partial charge in [0, 0.05) is 5.92 Å². The summed E-state index contributed by atoms with van der Waals surface area (Å²) in [6.45, 7) is 2.86. The second kappa shape index (κ2) is 6.06. The van der Waals surface area contributed by atoms with Crippen LogP contribution in [0.1, 0.15) is 50.5 Å². The normalized spacial score (nSPS) is 24.6. The summed E-state index contributed by atoms with van der Waals surface area (Å²) in [6, 6.07) is 8.16. The Hall–Kier alpha value is -1.02. The Morgan fingerprint density at radius 1 is 1.24 bits per heavy atom. The van der Waals surface area contributed by atoms with Crippen molar-refractivity contribution in [2.75, 3.05) is 6.61 Å². The van der Waals surface area contributed by atoms with E-state index in [9.17, 15) is 5.11 Å². The summed E-state index contributed by atoms with van der Waals surface area (Å²) < 4.78 is 5.78. The third kappa shape index (κ3) is 3.01. The van der Waals surface area contributed by atoms with Crippen molar-refractivity contribution >= 4 is 0 Å².